The van der Waals surface area contributed by atoms with Crippen LogP contribution in [0, 0.1) is 0 Å². The second-order valence-electron chi connectivity index (χ2n) is 7.58. The molecular weight excluding hydrogens is 436 g/mol. The Morgan fingerprint density at radius 2 is 1.59 bits per heavy atom. The molecule has 0 aromatic heterocycles. The van der Waals surface area contributed by atoms with Crippen LogP contribution in [0.5, 0.6) is 11.5 Å². The second-order valence-corrected chi connectivity index (χ2v) is 7.58. The third kappa shape index (κ3) is 6.25. The van der Waals surface area contributed by atoms with Crippen molar-refractivity contribution in [1.29, 1.82) is 0 Å². The zero-order valence-corrected chi connectivity index (χ0v) is 19.4. The maximum absolute atomic E-state index is 12.6. The fourth-order valence-corrected chi connectivity index (χ4v) is 3.56. The van der Waals surface area contributed by atoms with Gasteiger partial charge in [0.15, 0.2) is 11.5 Å². The van der Waals surface area contributed by atoms with E-state index in [1.807, 2.05) is 36.4 Å². The zero-order valence-electron chi connectivity index (χ0n) is 19.4. The Labute approximate surface area is 198 Å². The molecule has 1 unspecified atom stereocenters. The van der Waals surface area contributed by atoms with Crippen molar-refractivity contribution in [1.82, 2.24) is 10.6 Å². The summed E-state index contributed by atoms with van der Waals surface area (Å²) in [5.74, 6) is -0.0330. The molecule has 0 aliphatic rings. The first-order valence-electron chi connectivity index (χ1n) is 10.8. The molecule has 0 spiro atoms. The summed E-state index contributed by atoms with van der Waals surface area (Å²) in [6.07, 6.45) is -0.00848. The lowest BCUT2D eigenvalue weighted by molar-refractivity contribution is -0.141. The van der Waals surface area contributed by atoms with Gasteiger partial charge in [-0.2, -0.15) is 0 Å². The molecule has 34 heavy (non-hydrogen) atoms. The lowest BCUT2D eigenvalue weighted by atomic mass is 10.0. The van der Waals surface area contributed by atoms with Crippen LogP contribution in [0.2, 0.25) is 0 Å². The van der Waals surface area contributed by atoms with Crippen molar-refractivity contribution in [3.05, 3.63) is 71.8 Å². The third-order valence-electron chi connectivity index (χ3n) is 5.39. The summed E-state index contributed by atoms with van der Waals surface area (Å²) >= 11 is 0. The molecule has 3 rings (SSSR count). The Balaban J connectivity index is 1.61. The first kappa shape index (κ1) is 24.6. The molecule has 178 valence electrons. The fraction of sp³-hybridized carbons (Fsp3) is 0.269. The van der Waals surface area contributed by atoms with E-state index in [0.29, 0.717) is 22.6 Å². The SMILES string of the molecule is COC(=O)CC(NC(=O)CCNC(=O)c1ccc2ccccc2c1)c1ccc(OC)c(OC)c1. The smallest absolute Gasteiger partial charge is 0.307 e. The highest BCUT2D eigenvalue weighted by Gasteiger charge is 2.21. The van der Waals surface area contributed by atoms with E-state index in [9.17, 15) is 14.4 Å². The highest BCUT2D eigenvalue weighted by Crippen LogP contribution is 2.31. The van der Waals surface area contributed by atoms with Crippen LogP contribution < -0.4 is 20.1 Å². The Morgan fingerprint density at radius 1 is 0.853 bits per heavy atom. The largest absolute Gasteiger partial charge is 0.493 e. The van der Waals surface area contributed by atoms with E-state index >= 15 is 0 Å². The normalized spacial score (nSPS) is 11.4. The van der Waals surface area contributed by atoms with Crippen molar-refractivity contribution in [3.63, 3.8) is 0 Å². The topological polar surface area (TPSA) is 103 Å². The van der Waals surface area contributed by atoms with Crippen LogP contribution in [0.4, 0.5) is 0 Å². The van der Waals surface area contributed by atoms with Crippen LogP contribution in [0.3, 0.4) is 0 Å². The average Bonchev–Trinajstić information content (AvgIpc) is 2.87. The van der Waals surface area contributed by atoms with Crippen molar-refractivity contribution >= 4 is 28.6 Å². The molecule has 1 atom stereocenters. The van der Waals surface area contributed by atoms with Crippen LogP contribution in [-0.4, -0.2) is 45.7 Å². The quantitative estimate of drug-likeness (QED) is 0.446. The van der Waals surface area contributed by atoms with Gasteiger partial charge in [0.1, 0.15) is 0 Å². The van der Waals surface area contributed by atoms with Crippen molar-refractivity contribution < 1.29 is 28.6 Å². The Hall–Kier alpha value is -4.07. The number of esters is 1. The van der Waals surface area contributed by atoms with Gasteiger partial charge in [0.25, 0.3) is 5.91 Å². The number of carbonyl (C=O) groups excluding carboxylic acids is 3. The summed E-state index contributed by atoms with van der Waals surface area (Å²) in [7, 11) is 4.32. The molecule has 2 N–H and O–H groups in total. The number of rotatable bonds is 10. The van der Waals surface area contributed by atoms with Gasteiger partial charge in [0.05, 0.1) is 33.8 Å². The van der Waals surface area contributed by atoms with Gasteiger partial charge in [0.2, 0.25) is 5.91 Å². The Kier molecular flexibility index (Phi) is 8.45. The van der Waals surface area contributed by atoms with E-state index < -0.39 is 12.0 Å². The zero-order chi connectivity index (χ0) is 24.5. The lowest BCUT2D eigenvalue weighted by Gasteiger charge is -2.20. The van der Waals surface area contributed by atoms with Gasteiger partial charge in [-0.25, -0.2) is 0 Å². The molecule has 0 radical (unpaired) electrons. The summed E-state index contributed by atoms with van der Waals surface area (Å²) in [6.45, 7) is 0.147. The molecule has 0 saturated carbocycles. The summed E-state index contributed by atoms with van der Waals surface area (Å²) in [5, 5.41) is 7.62. The molecule has 3 aromatic rings. The number of amides is 2. The number of nitrogens with one attached hydrogen (secondary N) is 2. The van der Waals surface area contributed by atoms with E-state index in [1.54, 1.807) is 24.3 Å². The monoisotopic (exact) mass is 464 g/mol. The molecule has 0 aliphatic heterocycles. The predicted molar refractivity (Wildman–Crippen MR) is 128 cm³/mol. The van der Waals surface area contributed by atoms with Crippen molar-refractivity contribution in [2.24, 2.45) is 0 Å². The number of fused-ring (bicyclic) bond motifs is 1. The lowest BCUT2D eigenvalue weighted by Crippen LogP contribution is -2.34. The minimum atomic E-state index is -0.629. The van der Waals surface area contributed by atoms with Crippen LogP contribution in [0.25, 0.3) is 10.8 Å². The number of benzene rings is 3. The highest BCUT2D eigenvalue weighted by molar-refractivity contribution is 5.98. The van der Waals surface area contributed by atoms with Gasteiger partial charge in [-0.15, -0.1) is 0 Å². The first-order valence-corrected chi connectivity index (χ1v) is 10.8. The van der Waals surface area contributed by atoms with E-state index in [1.165, 1.54) is 21.3 Å². The molecule has 0 heterocycles. The molecule has 0 fully saturated rings. The van der Waals surface area contributed by atoms with Crippen LogP contribution in [-0.2, 0) is 14.3 Å². The van der Waals surface area contributed by atoms with Crippen molar-refractivity contribution in [3.8, 4) is 11.5 Å². The van der Waals surface area contributed by atoms with Crippen LogP contribution >= 0.6 is 0 Å². The van der Waals surface area contributed by atoms with Gasteiger partial charge >= 0.3 is 5.97 Å². The fourth-order valence-electron chi connectivity index (χ4n) is 3.56. The number of carbonyl (C=O) groups is 3. The Bertz CT molecular complexity index is 1180. The molecule has 8 nitrogen and oxygen atoms in total. The van der Waals surface area contributed by atoms with Crippen LogP contribution in [0.1, 0.15) is 34.8 Å². The summed E-state index contributed by atoms with van der Waals surface area (Å²) < 4.78 is 15.3. The maximum Gasteiger partial charge on any atom is 0.307 e. The first-order chi connectivity index (χ1) is 16.4. The molecular formula is C26H28N2O6. The van der Waals surface area contributed by atoms with Gasteiger partial charge < -0.3 is 24.8 Å². The van der Waals surface area contributed by atoms with Gasteiger partial charge in [0, 0.05) is 18.5 Å². The van der Waals surface area contributed by atoms with Crippen molar-refractivity contribution in [2.75, 3.05) is 27.9 Å². The molecule has 0 aliphatic carbocycles. The standard InChI is InChI=1S/C26H28N2O6/c1-32-22-11-10-19(15-23(22)33-2)21(16-25(30)34-3)28-24(29)12-13-27-26(31)20-9-8-17-6-4-5-7-18(17)14-20/h4-11,14-15,21H,12-13,16H2,1-3H3,(H,27,31)(H,28,29). The van der Waals surface area contributed by atoms with Gasteiger partial charge in [-0.1, -0.05) is 36.4 Å². The average molecular weight is 465 g/mol. The summed E-state index contributed by atoms with van der Waals surface area (Å²) in [4.78, 5) is 37.0. The third-order valence-corrected chi connectivity index (χ3v) is 5.39. The number of methoxy groups -OCH3 is 3. The van der Waals surface area contributed by atoms with E-state index in [2.05, 4.69) is 10.6 Å². The molecule has 0 bridgehead atoms. The van der Waals surface area contributed by atoms with Crippen LogP contribution in [0.15, 0.2) is 60.7 Å². The minimum Gasteiger partial charge on any atom is -0.493 e. The molecule has 3 aromatic carbocycles. The van der Waals surface area contributed by atoms with Crippen molar-refractivity contribution in [2.45, 2.75) is 18.9 Å². The highest BCUT2D eigenvalue weighted by atomic mass is 16.5. The van der Waals surface area contributed by atoms with Gasteiger partial charge in [-0.05, 0) is 40.6 Å². The van der Waals surface area contributed by atoms with E-state index in [4.69, 9.17) is 14.2 Å². The molecule has 8 heteroatoms. The van der Waals surface area contributed by atoms with E-state index in [-0.39, 0.29) is 31.2 Å². The van der Waals surface area contributed by atoms with Gasteiger partial charge in [-0.3, -0.25) is 14.4 Å². The number of hydrogen-bond acceptors (Lipinski definition) is 6. The number of hydrogen-bond donors (Lipinski definition) is 2. The number of ether oxygens (including phenoxy) is 3. The predicted octanol–water partition coefficient (Wildman–Crippen LogP) is 3.40. The molecule has 0 saturated heterocycles. The summed E-state index contributed by atoms with van der Waals surface area (Å²) in [5.41, 5.74) is 1.18. The van der Waals surface area contributed by atoms with E-state index in [0.717, 1.165) is 10.8 Å². The Morgan fingerprint density at radius 3 is 2.29 bits per heavy atom. The second kappa shape index (κ2) is 11.7. The summed E-state index contributed by atoms with van der Waals surface area (Å²) in [6, 6.07) is 17.7. The minimum absolute atomic E-state index is 0.0459. The maximum atomic E-state index is 12.6. The molecule has 2 amide bonds.